The number of hydrogen-bond acceptors (Lipinski definition) is 5. The Morgan fingerprint density at radius 2 is 1.77 bits per heavy atom. The first-order valence-corrected chi connectivity index (χ1v) is 12.5. The van der Waals surface area contributed by atoms with Crippen LogP contribution in [-0.4, -0.2) is 47.0 Å². The Balaban J connectivity index is 1.54. The van der Waals surface area contributed by atoms with Crippen molar-refractivity contribution in [1.82, 2.24) is 14.9 Å². The van der Waals surface area contributed by atoms with Gasteiger partial charge in [-0.1, -0.05) is 34.1 Å². The summed E-state index contributed by atoms with van der Waals surface area (Å²) in [7, 11) is 0. The lowest BCUT2D eigenvalue weighted by atomic mass is 9.97. The van der Waals surface area contributed by atoms with E-state index >= 15 is 0 Å². The molecule has 7 heteroatoms. The van der Waals surface area contributed by atoms with E-state index in [4.69, 9.17) is 9.97 Å². The van der Waals surface area contributed by atoms with Gasteiger partial charge >= 0.3 is 0 Å². The number of benzene rings is 1. The first kappa shape index (κ1) is 20.6. The summed E-state index contributed by atoms with van der Waals surface area (Å²) in [4.78, 5) is 28.6. The van der Waals surface area contributed by atoms with E-state index in [-0.39, 0.29) is 5.91 Å². The van der Waals surface area contributed by atoms with Crippen molar-refractivity contribution < 1.29 is 4.79 Å². The summed E-state index contributed by atoms with van der Waals surface area (Å²) in [6, 6.07) is 8.23. The van der Waals surface area contributed by atoms with Gasteiger partial charge in [0.15, 0.2) is 5.82 Å². The van der Waals surface area contributed by atoms with Gasteiger partial charge in [-0.05, 0) is 55.0 Å². The van der Waals surface area contributed by atoms with Gasteiger partial charge in [0.25, 0.3) is 0 Å². The van der Waals surface area contributed by atoms with Crippen molar-refractivity contribution in [2.24, 2.45) is 0 Å². The summed E-state index contributed by atoms with van der Waals surface area (Å²) in [6.45, 7) is 4.77. The van der Waals surface area contributed by atoms with E-state index in [0.717, 1.165) is 65.5 Å². The van der Waals surface area contributed by atoms with Gasteiger partial charge in [0, 0.05) is 42.5 Å². The molecule has 0 radical (unpaired) electrons. The zero-order valence-corrected chi connectivity index (χ0v) is 20.0. The molecule has 1 saturated heterocycles. The minimum absolute atomic E-state index is 0.151. The molecule has 0 N–H and O–H groups in total. The molecule has 3 heterocycles. The third kappa shape index (κ3) is 4.26. The van der Waals surface area contributed by atoms with Crippen LogP contribution in [0, 0.1) is 0 Å². The predicted molar refractivity (Wildman–Crippen MR) is 132 cm³/mol. The van der Waals surface area contributed by atoms with Crippen LogP contribution in [0.5, 0.6) is 0 Å². The molecule has 1 amide bonds. The Labute approximate surface area is 194 Å². The first-order chi connectivity index (χ1) is 15.1. The molecule has 2 aliphatic rings. The van der Waals surface area contributed by atoms with E-state index in [1.54, 1.807) is 6.92 Å². The number of hydrogen-bond donors (Lipinski definition) is 0. The normalized spacial score (nSPS) is 16.8. The van der Waals surface area contributed by atoms with E-state index in [9.17, 15) is 4.79 Å². The van der Waals surface area contributed by atoms with Crippen LogP contribution in [0.4, 0.5) is 5.82 Å². The highest BCUT2D eigenvalue weighted by Crippen LogP contribution is 2.40. The quantitative estimate of drug-likeness (QED) is 0.501. The molecule has 5 nitrogen and oxygen atoms in total. The van der Waals surface area contributed by atoms with Crippen LogP contribution in [0.2, 0.25) is 0 Å². The lowest BCUT2D eigenvalue weighted by molar-refractivity contribution is -0.129. The second-order valence-corrected chi connectivity index (χ2v) is 10.2. The molecule has 31 heavy (non-hydrogen) atoms. The van der Waals surface area contributed by atoms with Crippen molar-refractivity contribution in [1.29, 1.82) is 0 Å². The topological polar surface area (TPSA) is 49.3 Å². The van der Waals surface area contributed by atoms with Gasteiger partial charge in [0.1, 0.15) is 10.6 Å². The maximum Gasteiger partial charge on any atom is 0.219 e. The number of aromatic nitrogens is 2. The van der Waals surface area contributed by atoms with E-state index in [2.05, 4.69) is 39.0 Å². The van der Waals surface area contributed by atoms with Crippen molar-refractivity contribution in [2.45, 2.75) is 32.6 Å². The molecule has 1 aliphatic heterocycles. The number of halogens is 1. The van der Waals surface area contributed by atoms with E-state index in [1.807, 2.05) is 34.4 Å². The highest BCUT2D eigenvalue weighted by Gasteiger charge is 2.26. The Kier molecular flexibility index (Phi) is 5.80. The summed E-state index contributed by atoms with van der Waals surface area (Å²) >= 11 is 5.32. The lowest BCUT2D eigenvalue weighted by Gasteiger charge is -2.35. The first-order valence-electron chi connectivity index (χ1n) is 10.8. The molecule has 1 aromatic carbocycles. The molecular formula is C24H25BrN4OS. The molecule has 0 bridgehead atoms. The Morgan fingerprint density at radius 1 is 1.03 bits per heavy atom. The Hall–Kier alpha value is -2.25. The third-order valence-corrected chi connectivity index (χ3v) is 7.85. The number of anilines is 1. The van der Waals surface area contributed by atoms with Crippen LogP contribution in [0.1, 0.15) is 41.6 Å². The molecule has 0 spiro atoms. The third-order valence-electron chi connectivity index (χ3n) is 6.13. The average molecular weight is 497 g/mol. The van der Waals surface area contributed by atoms with Crippen molar-refractivity contribution >= 4 is 61.4 Å². The molecule has 5 rings (SSSR count). The number of amides is 1. The van der Waals surface area contributed by atoms with Crippen LogP contribution in [0.3, 0.4) is 0 Å². The summed E-state index contributed by atoms with van der Waals surface area (Å²) in [5.41, 5.74) is 2.58. The van der Waals surface area contributed by atoms with Crippen LogP contribution in [0.25, 0.3) is 22.4 Å². The average Bonchev–Trinajstić information content (AvgIpc) is 3.17. The number of nitrogens with zero attached hydrogens (tertiary/aromatic N) is 4. The highest BCUT2D eigenvalue weighted by atomic mass is 79.9. The smallest absolute Gasteiger partial charge is 0.219 e. The summed E-state index contributed by atoms with van der Waals surface area (Å²) in [5.74, 6) is 1.94. The number of thiophene rings is 1. The fourth-order valence-corrected chi connectivity index (χ4v) is 5.96. The number of rotatable bonds is 3. The van der Waals surface area contributed by atoms with Crippen molar-refractivity contribution in [3.8, 4) is 0 Å². The zero-order valence-electron chi connectivity index (χ0n) is 17.6. The molecule has 0 atom stereocenters. The SMILES string of the molecule is CC(=O)N1CCN(c2nc(/C=C/c3ccc(Br)cc3)nc3sc4c(c23)CCCC4)CC1. The summed E-state index contributed by atoms with van der Waals surface area (Å²) < 4.78 is 1.07. The Morgan fingerprint density at radius 3 is 2.52 bits per heavy atom. The molecule has 0 unspecified atom stereocenters. The molecule has 1 aliphatic carbocycles. The monoisotopic (exact) mass is 496 g/mol. The fraction of sp³-hybridized carbons (Fsp3) is 0.375. The van der Waals surface area contributed by atoms with Gasteiger partial charge in [-0.25, -0.2) is 9.97 Å². The zero-order chi connectivity index (χ0) is 21.4. The largest absolute Gasteiger partial charge is 0.352 e. The number of aryl methyl sites for hydroxylation is 2. The van der Waals surface area contributed by atoms with Gasteiger partial charge in [-0.2, -0.15) is 0 Å². The predicted octanol–water partition coefficient (Wildman–Crippen LogP) is 5.17. The molecule has 160 valence electrons. The number of carbonyl (C=O) groups is 1. The van der Waals surface area contributed by atoms with Crippen molar-refractivity contribution in [2.75, 3.05) is 31.1 Å². The minimum Gasteiger partial charge on any atom is -0.352 e. The van der Waals surface area contributed by atoms with E-state index < -0.39 is 0 Å². The van der Waals surface area contributed by atoms with Gasteiger partial charge in [0.05, 0.1) is 5.39 Å². The number of fused-ring (bicyclic) bond motifs is 3. The van der Waals surface area contributed by atoms with Gasteiger partial charge in [-0.15, -0.1) is 11.3 Å². The maximum atomic E-state index is 11.8. The molecule has 2 aromatic heterocycles. The van der Waals surface area contributed by atoms with Crippen LogP contribution < -0.4 is 4.90 Å². The van der Waals surface area contributed by atoms with Crippen molar-refractivity contribution in [3.63, 3.8) is 0 Å². The number of piperazine rings is 1. The molecule has 0 saturated carbocycles. The van der Waals surface area contributed by atoms with Crippen LogP contribution >= 0.6 is 27.3 Å². The van der Waals surface area contributed by atoms with Gasteiger partial charge in [0.2, 0.25) is 5.91 Å². The second kappa shape index (κ2) is 8.71. The minimum atomic E-state index is 0.151. The highest BCUT2D eigenvalue weighted by molar-refractivity contribution is 9.10. The number of carbonyl (C=O) groups excluding carboxylic acids is 1. The van der Waals surface area contributed by atoms with E-state index in [0.29, 0.717) is 0 Å². The van der Waals surface area contributed by atoms with Crippen LogP contribution in [0.15, 0.2) is 28.7 Å². The van der Waals surface area contributed by atoms with Gasteiger partial charge < -0.3 is 9.80 Å². The molecule has 3 aromatic rings. The Bertz CT molecular complexity index is 1150. The maximum absolute atomic E-state index is 11.8. The molecular weight excluding hydrogens is 472 g/mol. The van der Waals surface area contributed by atoms with E-state index in [1.165, 1.54) is 28.7 Å². The summed E-state index contributed by atoms with van der Waals surface area (Å²) in [6.07, 6.45) is 8.85. The second-order valence-electron chi connectivity index (χ2n) is 8.17. The van der Waals surface area contributed by atoms with Crippen molar-refractivity contribution in [3.05, 3.63) is 50.6 Å². The molecule has 1 fully saturated rings. The standard InChI is InChI=1S/C24H25BrN4OS/c1-16(30)28-12-14-29(15-13-28)23-22-19-4-2-3-5-20(19)31-24(22)27-21(26-23)11-8-17-6-9-18(25)10-7-17/h6-11H,2-5,12-15H2,1H3/b11-8+. The summed E-state index contributed by atoms with van der Waals surface area (Å²) in [5, 5.41) is 1.25. The van der Waals surface area contributed by atoms with Gasteiger partial charge in [-0.3, -0.25) is 4.79 Å². The fourth-order valence-electron chi connectivity index (χ4n) is 4.44. The lowest BCUT2D eigenvalue weighted by Crippen LogP contribution is -2.48. The van der Waals surface area contributed by atoms with Crippen LogP contribution in [-0.2, 0) is 17.6 Å².